The molecule has 0 saturated heterocycles. The van der Waals surface area contributed by atoms with Crippen LogP contribution in [0.3, 0.4) is 0 Å². The summed E-state index contributed by atoms with van der Waals surface area (Å²) >= 11 is 0. The monoisotopic (exact) mass is 335 g/mol. The number of anilines is 1. The summed E-state index contributed by atoms with van der Waals surface area (Å²) < 4.78 is 15.4. The molecule has 5 nitrogen and oxygen atoms in total. The van der Waals surface area contributed by atoms with Crippen LogP contribution in [0.1, 0.15) is 30.4 Å². The highest BCUT2D eigenvalue weighted by molar-refractivity contribution is 5.74. The number of nitrogens with zero attached hydrogens (tertiary/aromatic N) is 4. The van der Waals surface area contributed by atoms with E-state index in [2.05, 4.69) is 21.1 Å². The number of allylic oxidation sites excluding steroid dienone is 2. The largest absolute Gasteiger partial charge is 0.383 e. The third-order valence-electron chi connectivity index (χ3n) is 4.37. The molecule has 1 aliphatic rings. The van der Waals surface area contributed by atoms with E-state index in [4.69, 9.17) is 5.73 Å². The fourth-order valence-corrected chi connectivity index (χ4v) is 3.05. The minimum atomic E-state index is -0.241. The molecule has 0 amide bonds. The van der Waals surface area contributed by atoms with Crippen molar-refractivity contribution >= 4 is 11.4 Å². The number of rotatable bonds is 4. The summed E-state index contributed by atoms with van der Waals surface area (Å²) in [6, 6.07) is 8.48. The maximum atomic E-state index is 13.8. The van der Waals surface area contributed by atoms with E-state index < -0.39 is 0 Å². The van der Waals surface area contributed by atoms with E-state index in [1.165, 1.54) is 11.6 Å². The topological polar surface area (TPSA) is 69.6 Å². The lowest BCUT2D eigenvalue weighted by atomic mass is 10.1. The summed E-state index contributed by atoms with van der Waals surface area (Å²) in [4.78, 5) is 8.81. The molecule has 3 aromatic rings. The van der Waals surface area contributed by atoms with Crippen molar-refractivity contribution in [2.75, 3.05) is 5.73 Å². The summed E-state index contributed by atoms with van der Waals surface area (Å²) in [5.41, 5.74) is 9.44. The van der Waals surface area contributed by atoms with Crippen molar-refractivity contribution in [2.24, 2.45) is 0 Å². The number of halogens is 1. The first-order valence-corrected chi connectivity index (χ1v) is 8.30. The number of hydrogen-bond donors (Lipinski definition) is 1. The molecule has 0 aliphatic heterocycles. The van der Waals surface area contributed by atoms with Gasteiger partial charge in [-0.2, -0.15) is 5.10 Å². The van der Waals surface area contributed by atoms with Crippen LogP contribution in [0.5, 0.6) is 0 Å². The van der Waals surface area contributed by atoms with Crippen molar-refractivity contribution in [1.29, 1.82) is 0 Å². The fraction of sp³-hybridized carbons (Fsp3) is 0.211. The summed E-state index contributed by atoms with van der Waals surface area (Å²) in [7, 11) is 0. The van der Waals surface area contributed by atoms with Crippen molar-refractivity contribution < 1.29 is 4.39 Å². The highest BCUT2D eigenvalue weighted by atomic mass is 19.1. The van der Waals surface area contributed by atoms with Crippen LogP contribution < -0.4 is 5.73 Å². The molecule has 0 radical (unpaired) electrons. The lowest BCUT2D eigenvalue weighted by Crippen LogP contribution is -2.04. The standard InChI is InChI=1S/C19H18FN5/c20-16-8-4-3-7-14(16)12-25-10-9-17(24-25)19-22-11-15(18(21)23-19)13-5-1-2-6-13/h3-5,7-11H,1-2,6,12H2,(H2,21,22,23). The van der Waals surface area contributed by atoms with Gasteiger partial charge in [0.1, 0.15) is 17.3 Å². The predicted molar refractivity (Wildman–Crippen MR) is 95.0 cm³/mol. The number of nitrogen functional groups attached to an aromatic ring is 1. The SMILES string of the molecule is Nc1nc(-c2ccn(Cc3ccccc3F)n2)ncc1C1=CCCC1. The Bertz CT molecular complexity index is 944. The maximum absolute atomic E-state index is 13.8. The van der Waals surface area contributed by atoms with Gasteiger partial charge in [-0.3, -0.25) is 4.68 Å². The van der Waals surface area contributed by atoms with Gasteiger partial charge in [-0.15, -0.1) is 0 Å². The Balaban J connectivity index is 1.58. The van der Waals surface area contributed by atoms with E-state index in [0.717, 1.165) is 24.8 Å². The second kappa shape index (κ2) is 6.47. The second-order valence-corrected chi connectivity index (χ2v) is 6.10. The second-order valence-electron chi connectivity index (χ2n) is 6.10. The third-order valence-corrected chi connectivity index (χ3v) is 4.37. The summed E-state index contributed by atoms with van der Waals surface area (Å²) in [6.07, 6.45) is 9.00. The Kier molecular flexibility index (Phi) is 4.01. The first kappa shape index (κ1) is 15.5. The molecule has 4 rings (SSSR count). The molecule has 1 aliphatic carbocycles. The molecule has 2 N–H and O–H groups in total. The van der Waals surface area contributed by atoms with Crippen molar-refractivity contribution in [3.05, 3.63) is 65.7 Å². The van der Waals surface area contributed by atoms with Crippen molar-refractivity contribution in [3.8, 4) is 11.5 Å². The lowest BCUT2D eigenvalue weighted by Gasteiger charge is -2.06. The average Bonchev–Trinajstić information content (AvgIpc) is 3.29. The van der Waals surface area contributed by atoms with Crippen LogP contribution in [0.25, 0.3) is 17.1 Å². The predicted octanol–water partition coefficient (Wildman–Crippen LogP) is 3.68. The molecule has 2 aromatic heterocycles. The molecule has 1 aromatic carbocycles. The van der Waals surface area contributed by atoms with Crippen LogP contribution in [0.2, 0.25) is 0 Å². The van der Waals surface area contributed by atoms with Crippen molar-refractivity contribution in [1.82, 2.24) is 19.7 Å². The average molecular weight is 335 g/mol. The Hall–Kier alpha value is -3.02. The van der Waals surface area contributed by atoms with Crippen LogP contribution in [-0.4, -0.2) is 19.7 Å². The zero-order chi connectivity index (χ0) is 17.2. The normalized spacial score (nSPS) is 13.9. The smallest absolute Gasteiger partial charge is 0.182 e. The van der Waals surface area contributed by atoms with Crippen LogP contribution >= 0.6 is 0 Å². The van der Waals surface area contributed by atoms with Crippen LogP contribution in [0.15, 0.2) is 48.8 Å². The van der Waals surface area contributed by atoms with Gasteiger partial charge in [0.2, 0.25) is 0 Å². The van der Waals surface area contributed by atoms with Gasteiger partial charge in [0.25, 0.3) is 0 Å². The zero-order valence-electron chi connectivity index (χ0n) is 13.7. The van der Waals surface area contributed by atoms with Gasteiger partial charge in [0.05, 0.1) is 6.54 Å². The molecule has 0 unspecified atom stereocenters. The third kappa shape index (κ3) is 3.15. The van der Waals surface area contributed by atoms with Gasteiger partial charge in [-0.05, 0) is 37.0 Å². The summed E-state index contributed by atoms with van der Waals surface area (Å²) in [5.74, 6) is 0.711. The van der Waals surface area contributed by atoms with Gasteiger partial charge >= 0.3 is 0 Å². The first-order chi connectivity index (χ1) is 12.2. The van der Waals surface area contributed by atoms with Crippen LogP contribution in [0, 0.1) is 5.82 Å². The Morgan fingerprint density at radius 3 is 2.84 bits per heavy atom. The van der Waals surface area contributed by atoms with E-state index in [1.807, 2.05) is 12.1 Å². The molecule has 0 bridgehead atoms. The quantitative estimate of drug-likeness (QED) is 0.789. The van der Waals surface area contributed by atoms with E-state index in [1.54, 1.807) is 29.2 Å². The Morgan fingerprint density at radius 1 is 1.20 bits per heavy atom. The molecule has 0 spiro atoms. The molecule has 0 fully saturated rings. The van der Waals surface area contributed by atoms with Gasteiger partial charge < -0.3 is 5.73 Å². The molecule has 0 saturated carbocycles. The molecular formula is C19H18FN5. The lowest BCUT2D eigenvalue weighted by molar-refractivity contribution is 0.585. The van der Waals surface area contributed by atoms with Gasteiger partial charge in [-0.25, -0.2) is 14.4 Å². The van der Waals surface area contributed by atoms with E-state index in [0.29, 0.717) is 29.4 Å². The van der Waals surface area contributed by atoms with Crippen LogP contribution in [-0.2, 0) is 6.54 Å². The fourth-order valence-electron chi connectivity index (χ4n) is 3.05. The van der Waals surface area contributed by atoms with Crippen LogP contribution in [0.4, 0.5) is 10.2 Å². The highest BCUT2D eigenvalue weighted by Crippen LogP contribution is 2.30. The van der Waals surface area contributed by atoms with Gasteiger partial charge in [0, 0.05) is 23.5 Å². The number of aromatic nitrogens is 4. The Labute approximate surface area is 145 Å². The molecule has 126 valence electrons. The number of benzene rings is 1. The molecule has 6 heteroatoms. The molecule has 0 atom stereocenters. The van der Waals surface area contributed by atoms with E-state index in [9.17, 15) is 4.39 Å². The Morgan fingerprint density at radius 2 is 2.08 bits per heavy atom. The summed E-state index contributed by atoms with van der Waals surface area (Å²) in [6.45, 7) is 0.354. The van der Waals surface area contributed by atoms with E-state index in [-0.39, 0.29) is 5.82 Å². The molecule has 25 heavy (non-hydrogen) atoms. The first-order valence-electron chi connectivity index (χ1n) is 8.30. The summed E-state index contributed by atoms with van der Waals surface area (Å²) in [5, 5.41) is 4.44. The minimum absolute atomic E-state index is 0.241. The minimum Gasteiger partial charge on any atom is -0.383 e. The highest BCUT2D eigenvalue weighted by Gasteiger charge is 2.14. The van der Waals surface area contributed by atoms with E-state index >= 15 is 0 Å². The van der Waals surface area contributed by atoms with Gasteiger partial charge in [-0.1, -0.05) is 24.3 Å². The number of nitrogens with two attached hydrogens (primary N) is 1. The number of hydrogen-bond acceptors (Lipinski definition) is 4. The van der Waals surface area contributed by atoms with Crippen molar-refractivity contribution in [3.63, 3.8) is 0 Å². The zero-order valence-corrected chi connectivity index (χ0v) is 13.7. The van der Waals surface area contributed by atoms with Gasteiger partial charge in [0.15, 0.2) is 5.82 Å². The molecule has 2 heterocycles. The van der Waals surface area contributed by atoms with Crippen molar-refractivity contribution in [2.45, 2.75) is 25.8 Å². The molecular weight excluding hydrogens is 317 g/mol. The maximum Gasteiger partial charge on any atom is 0.182 e.